The Balaban J connectivity index is 1.61. The van der Waals surface area contributed by atoms with E-state index in [2.05, 4.69) is 0 Å². The average Bonchev–Trinajstić information content (AvgIpc) is 2.94. The van der Waals surface area contributed by atoms with E-state index in [4.69, 9.17) is 20.2 Å². The van der Waals surface area contributed by atoms with E-state index in [9.17, 15) is 4.79 Å². The lowest BCUT2D eigenvalue weighted by Gasteiger charge is -2.15. The number of hydrogen-bond donors (Lipinski definition) is 1. The fraction of sp³-hybridized carbons (Fsp3) is 0.133. The van der Waals surface area contributed by atoms with Crippen LogP contribution in [0.3, 0.4) is 0 Å². The zero-order chi connectivity index (χ0) is 25.1. The molecule has 0 fully saturated rings. The van der Waals surface area contributed by atoms with Gasteiger partial charge in [-0.25, -0.2) is 4.98 Å². The van der Waals surface area contributed by atoms with E-state index in [1.54, 1.807) is 18.8 Å². The number of para-hydroxylation sites is 1. The molecule has 180 valence electrons. The first-order valence-corrected chi connectivity index (χ1v) is 11.7. The van der Waals surface area contributed by atoms with Gasteiger partial charge < -0.3 is 15.2 Å². The van der Waals surface area contributed by atoms with Crippen molar-refractivity contribution in [1.29, 1.82) is 0 Å². The van der Waals surface area contributed by atoms with Gasteiger partial charge in [0.05, 0.1) is 31.7 Å². The zero-order valence-corrected chi connectivity index (χ0v) is 20.3. The quantitative estimate of drug-likeness (QED) is 0.346. The highest BCUT2D eigenvalue weighted by molar-refractivity contribution is 5.80. The minimum Gasteiger partial charge on any atom is -0.497 e. The second-order valence-electron chi connectivity index (χ2n) is 8.51. The predicted molar refractivity (Wildman–Crippen MR) is 143 cm³/mol. The van der Waals surface area contributed by atoms with Crippen LogP contribution in [0.4, 0.5) is 0 Å². The number of nitrogens with zero attached hydrogens (tertiary/aromatic N) is 2. The third kappa shape index (κ3) is 4.46. The molecule has 0 radical (unpaired) electrons. The van der Waals surface area contributed by atoms with E-state index in [0.29, 0.717) is 29.8 Å². The van der Waals surface area contributed by atoms with Gasteiger partial charge in [-0.3, -0.25) is 9.36 Å². The zero-order valence-electron chi connectivity index (χ0n) is 20.3. The van der Waals surface area contributed by atoms with Crippen molar-refractivity contribution in [2.45, 2.75) is 13.1 Å². The Hall–Kier alpha value is -4.42. The lowest BCUT2D eigenvalue weighted by molar-refractivity contribution is 0.395. The Labute approximate surface area is 209 Å². The SMILES string of the molecule is COc1ccc(-c2ccc(-c3nc4ccccc4c(=O)n3Cc3cccc(CN)c3)cc2)c(OC)c1. The minimum atomic E-state index is -0.0744. The van der Waals surface area contributed by atoms with Gasteiger partial charge in [-0.15, -0.1) is 0 Å². The summed E-state index contributed by atoms with van der Waals surface area (Å²) in [4.78, 5) is 18.5. The Morgan fingerprint density at radius 3 is 2.31 bits per heavy atom. The summed E-state index contributed by atoms with van der Waals surface area (Å²) in [6.07, 6.45) is 0. The third-order valence-corrected chi connectivity index (χ3v) is 6.29. The highest BCUT2D eigenvalue weighted by atomic mass is 16.5. The minimum absolute atomic E-state index is 0.0744. The number of aromatic nitrogens is 2. The number of ether oxygens (including phenoxy) is 2. The molecule has 0 unspecified atom stereocenters. The van der Waals surface area contributed by atoms with Crippen molar-refractivity contribution < 1.29 is 9.47 Å². The first-order chi connectivity index (χ1) is 17.6. The van der Waals surface area contributed by atoms with Gasteiger partial charge >= 0.3 is 0 Å². The fourth-order valence-corrected chi connectivity index (χ4v) is 4.41. The van der Waals surface area contributed by atoms with Gasteiger partial charge in [-0.05, 0) is 41.0 Å². The highest BCUT2D eigenvalue weighted by Gasteiger charge is 2.15. The summed E-state index contributed by atoms with van der Waals surface area (Å²) in [7, 11) is 3.27. The summed E-state index contributed by atoms with van der Waals surface area (Å²) in [6, 6.07) is 29.2. The molecule has 1 aromatic heterocycles. The standard InChI is InChI=1S/C30H27N3O3/c1-35-24-14-15-25(28(17-24)36-2)22-10-12-23(13-11-22)29-32-27-9-4-3-8-26(27)30(34)33(29)19-21-7-5-6-20(16-21)18-31/h3-17H,18-19,31H2,1-2H3. The maximum absolute atomic E-state index is 13.6. The van der Waals surface area contributed by atoms with Crippen LogP contribution < -0.4 is 20.8 Å². The molecule has 2 N–H and O–H groups in total. The lowest BCUT2D eigenvalue weighted by Crippen LogP contribution is -2.24. The van der Waals surface area contributed by atoms with Crippen LogP contribution in [0.5, 0.6) is 11.5 Å². The lowest BCUT2D eigenvalue weighted by atomic mass is 10.0. The first-order valence-electron chi connectivity index (χ1n) is 11.7. The van der Waals surface area contributed by atoms with Crippen LogP contribution in [-0.2, 0) is 13.1 Å². The third-order valence-electron chi connectivity index (χ3n) is 6.29. The molecule has 5 rings (SSSR count). The number of methoxy groups -OCH3 is 2. The summed E-state index contributed by atoms with van der Waals surface area (Å²) >= 11 is 0. The smallest absolute Gasteiger partial charge is 0.261 e. The van der Waals surface area contributed by atoms with Crippen LogP contribution in [0.1, 0.15) is 11.1 Å². The summed E-state index contributed by atoms with van der Waals surface area (Å²) in [5, 5.41) is 0.593. The molecule has 36 heavy (non-hydrogen) atoms. The number of fused-ring (bicyclic) bond motifs is 1. The second kappa shape index (κ2) is 10.1. The maximum Gasteiger partial charge on any atom is 0.261 e. The number of hydrogen-bond acceptors (Lipinski definition) is 5. The van der Waals surface area contributed by atoms with E-state index >= 15 is 0 Å². The molecule has 0 aliphatic carbocycles. The molecule has 0 aliphatic rings. The van der Waals surface area contributed by atoms with Gasteiger partial charge in [0.15, 0.2) is 0 Å². The van der Waals surface area contributed by atoms with E-state index < -0.39 is 0 Å². The molecule has 4 aromatic carbocycles. The van der Waals surface area contributed by atoms with Gasteiger partial charge in [-0.2, -0.15) is 0 Å². The van der Waals surface area contributed by atoms with Gasteiger partial charge in [-0.1, -0.05) is 60.7 Å². The predicted octanol–water partition coefficient (Wildman–Crippen LogP) is 5.25. The summed E-state index contributed by atoms with van der Waals surface area (Å²) < 4.78 is 12.6. The molecule has 0 atom stereocenters. The van der Waals surface area contributed by atoms with Crippen molar-refractivity contribution in [2.75, 3.05) is 14.2 Å². The Kier molecular flexibility index (Phi) is 6.52. The van der Waals surface area contributed by atoms with E-state index in [-0.39, 0.29) is 5.56 Å². The maximum atomic E-state index is 13.6. The normalized spacial score (nSPS) is 11.0. The number of rotatable bonds is 7. The van der Waals surface area contributed by atoms with Crippen molar-refractivity contribution in [3.63, 3.8) is 0 Å². The van der Waals surface area contributed by atoms with Crippen molar-refractivity contribution >= 4 is 10.9 Å². The molecule has 6 heteroatoms. The van der Waals surface area contributed by atoms with Crippen molar-refractivity contribution in [2.24, 2.45) is 5.73 Å². The van der Waals surface area contributed by atoms with Crippen LogP contribution in [0.15, 0.2) is 95.8 Å². The molecular formula is C30H27N3O3. The van der Waals surface area contributed by atoms with Crippen molar-refractivity contribution in [3.05, 3.63) is 112 Å². The van der Waals surface area contributed by atoms with Crippen LogP contribution in [0.25, 0.3) is 33.4 Å². The molecule has 1 heterocycles. The van der Waals surface area contributed by atoms with Crippen LogP contribution in [0, 0.1) is 0 Å². The Morgan fingerprint density at radius 2 is 1.56 bits per heavy atom. The van der Waals surface area contributed by atoms with Gasteiger partial charge in [0.1, 0.15) is 17.3 Å². The van der Waals surface area contributed by atoms with Crippen molar-refractivity contribution in [1.82, 2.24) is 9.55 Å². The highest BCUT2D eigenvalue weighted by Crippen LogP contribution is 2.34. The fourth-order valence-electron chi connectivity index (χ4n) is 4.41. The van der Waals surface area contributed by atoms with Gasteiger partial charge in [0.25, 0.3) is 5.56 Å². The molecule has 0 spiro atoms. The first kappa shape index (κ1) is 23.3. The van der Waals surface area contributed by atoms with E-state index in [0.717, 1.165) is 39.3 Å². The summed E-state index contributed by atoms with van der Waals surface area (Å²) in [5.41, 5.74) is 11.2. The number of nitrogens with two attached hydrogens (primary N) is 1. The van der Waals surface area contributed by atoms with Gasteiger partial charge in [0.2, 0.25) is 0 Å². The summed E-state index contributed by atoms with van der Waals surface area (Å²) in [5.74, 6) is 2.07. The molecule has 0 saturated heterocycles. The second-order valence-corrected chi connectivity index (χ2v) is 8.51. The van der Waals surface area contributed by atoms with Crippen LogP contribution in [0.2, 0.25) is 0 Å². The van der Waals surface area contributed by atoms with E-state index in [1.165, 1.54) is 0 Å². The molecular weight excluding hydrogens is 450 g/mol. The topological polar surface area (TPSA) is 79.4 Å². The largest absolute Gasteiger partial charge is 0.497 e. The molecule has 5 aromatic rings. The van der Waals surface area contributed by atoms with Crippen LogP contribution in [-0.4, -0.2) is 23.8 Å². The molecule has 0 saturated carbocycles. The monoisotopic (exact) mass is 477 g/mol. The Morgan fingerprint density at radius 1 is 0.806 bits per heavy atom. The molecule has 6 nitrogen and oxygen atoms in total. The Bertz CT molecular complexity index is 1590. The van der Waals surface area contributed by atoms with Crippen molar-refractivity contribution in [3.8, 4) is 34.0 Å². The van der Waals surface area contributed by atoms with Crippen LogP contribution >= 0.6 is 0 Å². The number of benzene rings is 4. The summed E-state index contributed by atoms with van der Waals surface area (Å²) in [6.45, 7) is 0.843. The molecule has 0 aliphatic heterocycles. The van der Waals surface area contributed by atoms with Gasteiger partial charge in [0, 0.05) is 23.7 Å². The average molecular weight is 478 g/mol. The molecule has 0 amide bonds. The molecule has 0 bridgehead atoms. The van der Waals surface area contributed by atoms with E-state index in [1.807, 2.05) is 91.0 Å².